The number of urea groups is 1. The summed E-state index contributed by atoms with van der Waals surface area (Å²) in [5.74, 6) is 0. The maximum Gasteiger partial charge on any atom is 0.317 e. The van der Waals surface area contributed by atoms with Gasteiger partial charge in [0, 0.05) is 38.3 Å². The number of hydrogen-bond donors (Lipinski definition) is 1. The fourth-order valence-electron chi connectivity index (χ4n) is 2.59. The van der Waals surface area contributed by atoms with Gasteiger partial charge in [0.25, 0.3) is 0 Å². The first kappa shape index (κ1) is 14.9. The van der Waals surface area contributed by atoms with Crippen molar-refractivity contribution >= 4 is 6.03 Å². The van der Waals surface area contributed by atoms with Gasteiger partial charge in [0.2, 0.25) is 0 Å². The Kier molecular flexibility index (Phi) is 5.01. The third-order valence-corrected chi connectivity index (χ3v) is 3.84. The molecule has 1 aliphatic rings. The highest BCUT2D eigenvalue weighted by Crippen LogP contribution is 2.21. The zero-order chi connectivity index (χ0) is 14.5. The average Bonchev–Trinajstić information content (AvgIpc) is 2.47. The van der Waals surface area contributed by atoms with Gasteiger partial charge in [0.05, 0.1) is 0 Å². The number of amides is 2. The van der Waals surface area contributed by atoms with Crippen LogP contribution in [0.3, 0.4) is 0 Å². The number of hydrogen-bond acceptors (Lipinski definition) is 2. The molecular formula is C16H25N3O. The molecule has 2 amide bonds. The first-order chi connectivity index (χ1) is 9.58. The molecule has 1 atom stereocenters. The lowest BCUT2D eigenvalue weighted by Gasteiger charge is -2.38. The molecule has 0 aromatic heterocycles. The minimum Gasteiger partial charge on any atom is -0.336 e. The minimum atomic E-state index is 0.0621. The van der Waals surface area contributed by atoms with Gasteiger partial charge in [-0.15, -0.1) is 0 Å². The molecule has 4 nitrogen and oxygen atoms in total. The first-order valence-electron chi connectivity index (χ1n) is 7.42. The standard InChI is InChI=1S/C16H25N3O/c1-13(2)17-16(20)19-11-9-18(10-12-19)14(3)15-7-5-4-6-8-15/h4-8,13-14H,9-12H2,1-3H3,(H,17,20). The van der Waals surface area contributed by atoms with Crippen LogP contribution in [0.1, 0.15) is 32.4 Å². The first-order valence-corrected chi connectivity index (χ1v) is 7.42. The van der Waals surface area contributed by atoms with Crippen LogP contribution < -0.4 is 5.32 Å². The van der Waals surface area contributed by atoms with Crippen LogP contribution in [-0.4, -0.2) is 48.1 Å². The monoisotopic (exact) mass is 275 g/mol. The van der Waals surface area contributed by atoms with Gasteiger partial charge in [0.15, 0.2) is 0 Å². The number of benzene rings is 1. The fourth-order valence-corrected chi connectivity index (χ4v) is 2.59. The van der Waals surface area contributed by atoms with Crippen molar-refractivity contribution in [1.29, 1.82) is 0 Å². The van der Waals surface area contributed by atoms with Gasteiger partial charge < -0.3 is 10.2 Å². The molecule has 0 bridgehead atoms. The van der Waals surface area contributed by atoms with E-state index in [1.54, 1.807) is 0 Å². The Morgan fingerprint density at radius 2 is 1.65 bits per heavy atom. The third kappa shape index (κ3) is 3.73. The van der Waals surface area contributed by atoms with Crippen molar-refractivity contribution in [3.05, 3.63) is 35.9 Å². The van der Waals surface area contributed by atoms with E-state index in [1.165, 1.54) is 5.56 Å². The van der Waals surface area contributed by atoms with Crippen LogP contribution in [0, 0.1) is 0 Å². The van der Waals surface area contributed by atoms with Crippen molar-refractivity contribution in [3.63, 3.8) is 0 Å². The molecule has 1 N–H and O–H groups in total. The molecule has 20 heavy (non-hydrogen) atoms. The maximum atomic E-state index is 12.0. The van der Waals surface area contributed by atoms with E-state index in [0.717, 1.165) is 26.2 Å². The zero-order valence-electron chi connectivity index (χ0n) is 12.7. The molecule has 0 saturated carbocycles. The van der Waals surface area contributed by atoms with E-state index in [2.05, 4.69) is 41.4 Å². The lowest BCUT2D eigenvalue weighted by molar-refractivity contribution is 0.113. The molecule has 1 unspecified atom stereocenters. The summed E-state index contributed by atoms with van der Waals surface area (Å²) in [6.07, 6.45) is 0. The maximum absolute atomic E-state index is 12.0. The molecule has 1 saturated heterocycles. The normalized spacial score (nSPS) is 18.1. The van der Waals surface area contributed by atoms with Crippen molar-refractivity contribution in [3.8, 4) is 0 Å². The minimum absolute atomic E-state index is 0.0621. The van der Waals surface area contributed by atoms with Crippen molar-refractivity contribution in [2.75, 3.05) is 26.2 Å². The summed E-state index contributed by atoms with van der Waals surface area (Å²) in [4.78, 5) is 16.3. The van der Waals surface area contributed by atoms with E-state index in [1.807, 2.05) is 24.8 Å². The molecule has 1 aliphatic heterocycles. The third-order valence-electron chi connectivity index (χ3n) is 3.84. The number of nitrogens with zero attached hydrogens (tertiary/aromatic N) is 2. The zero-order valence-corrected chi connectivity index (χ0v) is 12.7. The second-order valence-corrected chi connectivity index (χ2v) is 5.71. The molecule has 2 rings (SSSR count). The van der Waals surface area contributed by atoms with Crippen LogP contribution in [0.25, 0.3) is 0 Å². The van der Waals surface area contributed by atoms with E-state index < -0.39 is 0 Å². The van der Waals surface area contributed by atoms with E-state index in [9.17, 15) is 4.79 Å². The lowest BCUT2D eigenvalue weighted by Crippen LogP contribution is -2.53. The van der Waals surface area contributed by atoms with Gasteiger partial charge in [-0.1, -0.05) is 30.3 Å². The summed E-state index contributed by atoms with van der Waals surface area (Å²) in [5, 5.41) is 2.96. The van der Waals surface area contributed by atoms with Crippen molar-refractivity contribution in [2.24, 2.45) is 0 Å². The molecule has 1 fully saturated rings. The van der Waals surface area contributed by atoms with Crippen LogP contribution >= 0.6 is 0 Å². The number of rotatable bonds is 3. The fraction of sp³-hybridized carbons (Fsp3) is 0.562. The lowest BCUT2D eigenvalue weighted by atomic mass is 10.1. The summed E-state index contributed by atoms with van der Waals surface area (Å²) in [5.41, 5.74) is 1.34. The van der Waals surface area contributed by atoms with Crippen molar-refractivity contribution in [1.82, 2.24) is 15.1 Å². The smallest absolute Gasteiger partial charge is 0.317 e. The molecule has 1 aromatic rings. The highest BCUT2D eigenvalue weighted by atomic mass is 16.2. The van der Waals surface area contributed by atoms with Gasteiger partial charge >= 0.3 is 6.03 Å². The Labute approximate surface area is 121 Å². The Balaban J connectivity index is 1.87. The van der Waals surface area contributed by atoms with E-state index in [4.69, 9.17) is 0 Å². The Morgan fingerprint density at radius 1 is 1.05 bits per heavy atom. The Bertz CT molecular complexity index is 425. The SMILES string of the molecule is CC(C)NC(=O)N1CCN(C(C)c2ccccc2)CC1. The average molecular weight is 275 g/mol. The van der Waals surface area contributed by atoms with Crippen molar-refractivity contribution < 1.29 is 4.79 Å². The molecule has 0 aliphatic carbocycles. The molecule has 4 heteroatoms. The van der Waals surface area contributed by atoms with Crippen LogP contribution in [0.5, 0.6) is 0 Å². The summed E-state index contributed by atoms with van der Waals surface area (Å²) in [6, 6.07) is 11.2. The predicted molar refractivity (Wildman–Crippen MR) is 81.7 cm³/mol. The largest absolute Gasteiger partial charge is 0.336 e. The van der Waals surface area contributed by atoms with E-state index in [-0.39, 0.29) is 12.1 Å². The number of carbonyl (C=O) groups excluding carboxylic acids is 1. The van der Waals surface area contributed by atoms with Crippen molar-refractivity contribution in [2.45, 2.75) is 32.9 Å². The molecular weight excluding hydrogens is 250 g/mol. The van der Waals surface area contributed by atoms with Gasteiger partial charge in [-0.3, -0.25) is 4.90 Å². The molecule has 1 aromatic carbocycles. The van der Waals surface area contributed by atoms with Crippen LogP contribution in [0.15, 0.2) is 30.3 Å². The molecule has 0 radical (unpaired) electrons. The Hall–Kier alpha value is -1.55. The predicted octanol–water partition coefficient (Wildman–Crippen LogP) is 2.48. The van der Waals surface area contributed by atoms with E-state index >= 15 is 0 Å². The number of carbonyl (C=O) groups is 1. The highest BCUT2D eigenvalue weighted by Gasteiger charge is 2.24. The van der Waals surface area contributed by atoms with Gasteiger partial charge in [-0.05, 0) is 26.3 Å². The quantitative estimate of drug-likeness (QED) is 0.920. The second-order valence-electron chi connectivity index (χ2n) is 5.71. The van der Waals surface area contributed by atoms with Gasteiger partial charge in [-0.2, -0.15) is 0 Å². The molecule has 1 heterocycles. The molecule has 0 spiro atoms. The topological polar surface area (TPSA) is 35.6 Å². The van der Waals surface area contributed by atoms with Crippen LogP contribution in [0.2, 0.25) is 0 Å². The summed E-state index contributed by atoms with van der Waals surface area (Å²) in [7, 11) is 0. The summed E-state index contributed by atoms with van der Waals surface area (Å²) in [6.45, 7) is 9.69. The van der Waals surface area contributed by atoms with Crippen LogP contribution in [0.4, 0.5) is 4.79 Å². The Morgan fingerprint density at radius 3 is 2.20 bits per heavy atom. The molecule has 110 valence electrons. The van der Waals surface area contributed by atoms with E-state index in [0.29, 0.717) is 6.04 Å². The second kappa shape index (κ2) is 6.75. The van der Waals surface area contributed by atoms with Crippen LogP contribution in [-0.2, 0) is 0 Å². The number of nitrogens with one attached hydrogen (secondary N) is 1. The van der Waals surface area contributed by atoms with Gasteiger partial charge in [-0.25, -0.2) is 4.79 Å². The van der Waals surface area contributed by atoms with Gasteiger partial charge in [0.1, 0.15) is 0 Å². The summed E-state index contributed by atoms with van der Waals surface area (Å²) < 4.78 is 0. The summed E-state index contributed by atoms with van der Waals surface area (Å²) >= 11 is 0. The highest BCUT2D eigenvalue weighted by molar-refractivity contribution is 5.74. The number of piperazine rings is 1.